The van der Waals surface area contributed by atoms with Crippen molar-refractivity contribution in [1.82, 2.24) is 10.6 Å². The molecule has 1 fully saturated rings. The van der Waals surface area contributed by atoms with Crippen LogP contribution in [0.3, 0.4) is 0 Å². The highest BCUT2D eigenvalue weighted by atomic mass is 16.5. The number of hydrogen-bond acceptors (Lipinski definition) is 4. The molecule has 1 aliphatic rings. The van der Waals surface area contributed by atoms with Gasteiger partial charge in [0.15, 0.2) is 5.54 Å². The molecule has 1 unspecified atom stereocenters. The van der Waals surface area contributed by atoms with Gasteiger partial charge in [0.25, 0.3) is 11.8 Å². The van der Waals surface area contributed by atoms with Crippen LogP contribution in [0.25, 0.3) is 0 Å². The molecule has 7 nitrogen and oxygen atoms in total. The highest BCUT2D eigenvalue weighted by Gasteiger charge is 2.44. The van der Waals surface area contributed by atoms with E-state index in [2.05, 4.69) is 10.6 Å². The van der Waals surface area contributed by atoms with Crippen LogP contribution in [-0.2, 0) is 9.53 Å². The van der Waals surface area contributed by atoms with Crippen molar-refractivity contribution in [2.45, 2.75) is 31.8 Å². The van der Waals surface area contributed by atoms with Gasteiger partial charge in [-0.25, -0.2) is 4.79 Å². The molecule has 1 aromatic carbocycles. The van der Waals surface area contributed by atoms with Gasteiger partial charge in [-0.05, 0) is 38.1 Å². The first-order valence-corrected chi connectivity index (χ1v) is 7.39. The Morgan fingerprint density at radius 1 is 1.13 bits per heavy atom. The number of carboxylic acids is 1. The van der Waals surface area contributed by atoms with Crippen molar-refractivity contribution in [3.63, 3.8) is 0 Å². The van der Waals surface area contributed by atoms with Crippen LogP contribution in [0.15, 0.2) is 24.3 Å². The van der Waals surface area contributed by atoms with Crippen LogP contribution in [0.2, 0.25) is 0 Å². The van der Waals surface area contributed by atoms with Gasteiger partial charge in [-0.1, -0.05) is 0 Å². The van der Waals surface area contributed by atoms with Gasteiger partial charge in [-0.15, -0.1) is 0 Å². The maximum absolute atomic E-state index is 12.2. The third kappa shape index (κ3) is 3.87. The zero-order valence-electron chi connectivity index (χ0n) is 13.1. The van der Waals surface area contributed by atoms with E-state index in [0.29, 0.717) is 17.7 Å². The molecule has 0 saturated carbocycles. The van der Waals surface area contributed by atoms with E-state index in [0.717, 1.165) is 0 Å². The van der Waals surface area contributed by atoms with E-state index in [-0.39, 0.29) is 25.0 Å². The number of carbonyl (C=O) groups is 3. The van der Waals surface area contributed by atoms with Gasteiger partial charge in [0.1, 0.15) is 0 Å². The number of benzene rings is 1. The molecule has 3 N–H and O–H groups in total. The second-order valence-corrected chi connectivity index (χ2v) is 5.85. The van der Waals surface area contributed by atoms with Crippen molar-refractivity contribution < 1.29 is 24.2 Å². The largest absolute Gasteiger partial charge is 0.479 e. The summed E-state index contributed by atoms with van der Waals surface area (Å²) in [5, 5.41) is 14.6. The molecule has 124 valence electrons. The van der Waals surface area contributed by atoms with Gasteiger partial charge in [-0.3, -0.25) is 9.59 Å². The summed E-state index contributed by atoms with van der Waals surface area (Å²) in [7, 11) is 0. The SMILES string of the molecule is CC(C)NC(=O)c1ccc(C(=O)NC2(C(=O)O)CCOC2)cc1. The highest BCUT2D eigenvalue weighted by Crippen LogP contribution is 2.20. The minimum atomic E-state index is -1.38. The molecule has 1 aromatic rings. The van der Waals surface area contributed by atoms with Crippen molar-refractivity contribution in [2.24, 2.45) is 0 Å². The molecule has 1 heterocycles. The number of carbonyl (C=O) groups excluding carboxylic acids is 2. The summed E-state index contributed by atoms with van der Waals surface area (Å²) >= 11 is 0. The van der Waals surface area contributed by atoms with Crippen molar-refractivity contribution in [2.75, 3.05) is 13.2 Å². The van der Waals surface area contributed by atoms with E-state index in [4.69, 9.17) is 4.74 Å². The first-order chi connectivity index (χ1) is 10.8. The van der Waals surface area contributed by atoms with E-state index in [1.54, 1.807) is 0 Å². The van der Waals surface area contributed by atoms with Gasteiger partial charge >= 0.3 is 5.97 Å². The van der Waals surface area contributed by atoms with E-state index >= 15 is 0 Å². The molecule has 0 spiro atoms. The maximum Gasteiger partial charge on any atom is 0.331 e. The Morgan fingerprint density at radius 3 is 2.13 bits per heavy atom. The van der Waals surface area contributed by atoms with Crippen molar-refractivity contribution in [3.8, 4) is 0 Å². The Hall–Kier alpha value is -2.41. The average molecular weight is 320 g/mol. The van der Waals surface area contributed by atoms with Gasteiger partial charge < -0.3 is 20.5 Å². The average Bonchev–Trinajstić information content (AvgIpc) is 2.96. The second kappa shape index (κ2) is 6.78. The zero-order valence-corrected chi connectivity index (χ0v) is 13.1. The first-order valence-electron chi connectivity index (χ1n) is 7.39. The molecule has 1 atom stereocenters. The molecule has 2 amide bonds. The van der Waals surface area contributed by atoms with E-state index in [1.165, 1.54) is 24.3 Å². The fraction of sp³-hybridized carbons (Fsp3) is 0.438. The summed E-state index contributed by atoms with van der Waals surface area (Å²) in [5.41, 5.74) is -0.656. The molecule has 7 heteroatoms. The summed E-state index contributed by atoms with van der Waals surface area (Å²) in [4.78, 5) is 35.5. The molecule has 0 aliphatic carbocycles. The standard InChI is InChI=1S/C16H20N2O5/c1-10(2)17-13(19)11-3-5-12(6-4-11)14(20)18-16(15(21)22)7-8-23-9-16/h3-6,10H,7-9H2,1-2H3,(H,17,19)(H,18,20)(H,21,22). The van der Waals surface area contributed by atoms with Crippen molar-refractivity contribution >= 4 is 17.8 Å². The Morgan fingerprint density at radius 2 is 1.70 bits per heavy atom. The monoisotopic (exact) mass is 320 g/mol. The van der Waals surface area contributed by atoms with Crippen LogP contribution >= 0.6 is 0 Å². The summed E-state index contributed by atoms with van der Waals surface area (Å²) in [5.74, 6) is -1.84. The number of nitrogens with one attached hydrogen (secondary N) is 2. The van der Waals surface area contributed by atoms with Gasteiger partial charge in [0, 0.05) is 30.2 Å². The Balaban J connectivity index is 2.08. The molecule has 0 bridgehead atoms. The van der Waals surface area contributed by atoms with Gasteiger partial charge in [-0.2, -0.15) is 0 Å². The lowest BCUT2D eigenvalue weighted by Crippen LogP contribution is -2.55. The van der Waals surface area contributed by atoms with Crippen molar-refractivity contribution in [3.05, 3.63) is 35.4 Å². The Bertz CT molecular complexity index is 603. The number of amides is 2. The molecule has 1 saturated heterocycles. The maximum atomic E-state index is 12.2. The van der Waals surface area contributed by atoms with E-state index in [9.17, 15) is 19.5 Å². The van der Waals surface area contributed by atoms with Crippen LogP contribution in [0.1, 0.15) is 41.0 Å². The fourth-order valence-corrected chi connectivity index (χ4v) is 2.29. The van der Waals surface area contributed by atoms with Gasteiger partial charge in [0.2, 0.25) is 0 Å². The van der Waals surface area contributed by atoms with Crippen LogP contribution in [0, 0.1) is 0 Å². The smallest absolute Gasteiger partial charge is 0.331 e. The zero-order chi connectivity index (χ0) is 17.0. The van der Waals surface area contributed by atoms with Crippen molar-refractivity contribution in [1.29, 1.82) is 0 Å². The number of carboxylic acid groups (broad SMARTS) is 1. The molecule has 0 aromatic heterocycles. The lowest BCUT2D eigenvalue weighted by atomic mass is 9.98. The Kier molecular flexibility index (Phi) is 5.00. The normalized spacial score (nSPS) is 20.3. The minimum absolute atomic E-state index is 0.0169. The number of rotatable bonds is 5. The summed E-state index contributed by atoms with van der Waals surface area (Å²) < 4.78 is 5.10. The summed E-state index contributed by atoms with van der Waals surface area (Å²) in [6, 6.07) is 6.07. The summed E-state index contributed by atoms with van der Waals surface area (Å²) in [6.07, 6.45) is 0.225. The molecule has 0 radical (unpaired) electrons. The quantitative estimate of drug-likeness (QED) is 0.744. The molecular weight excluding hydrogens is 300 g/mol. The minimum Gasteiger partial charge on any atom is -0.479 e. The fourth-order valence-electron chi connectivity index (χ4n) is 2.29. The third-order valence-electron chi connectivity index (χ3n) is 3.61. The van der Waals surface area contributed by atoms with Crippen LogP contribution in [0.5, 0.6) is 0 Å². The predicted octanol–water partition coefficient (Wildman–Crippen LogP) is 0.798. The number of aliphatic carboxylic acids is 1. The first kappa shape index (κ1) is 17.0. The van der Waals surface area contributed by atoms with Crippen LogP contribution in [0.4, 0.5) is 0 Å². The molecule has 23 heavy (non-hydrogen) atoms. The molecule has 2 rings (SSSR count). The molecular formula is C16H20N2O5. The predicted molar refractivity (Wildman–Crippen MR) is 82.3 cm³/mol. The number of ether oxygens (including phenoxy) is 1. The van der Waals surface area contributed by atoms with Crippen LogP contribution in [-0.4, -0.2) is 47.7 Å². The summed E-state index contributed by atoms with van der Waals surface area (Å²) in [6.45, 7) is 3.95. The second-order valence-electron chi connectivity index (χ2n) is 5.85. The lowest BCUT2D eigenvalue weighted by Gasteiger charge is -2.23. The Labute approximate surface area is 134 Å². The highest BCUT2D eigenvalue weighted by molar-refractivity contribution is 6.00. The van der Waals surface area contributed by atoms with Crippen LogP contribution < -0.4 is 10.6 Å². The van der Waals surface area contributed by atoms with E-state index in [1.807, 2.05) is 13.8 Å². The number of hydrogen-bond donors (Lipinski definition) is 3. The third-order valence-corrected chi connectivity index (χ3v) is 3.61. The lowest BCUT2D eigenvalue weighted by molar-refractivity contribution is -0.144. The van der Waals surface area contributed by atoms with Gasteiger partial charge in [0.05, 0.1) is 6.61 Å². The topological polar surface area (TPSA) is 105 Å². The molecule has 1 aliphatic heterocycles. The van der Waals surface area contributed by atoms with E-state index < -0.39 is 17.4 Å².